The third-order valence-electron chi connectivity index (χ3n) is 3.41. The van der Waals surface area contributed by atoms with Crippen LogP contribution < -0.4 is 0 Å². The van der Waals surface area contributed by atoms with Gasteiger partial charge in [0.1, 0.15) is 6.10 Å². The molecule has 2 fully saturated rings. The highest BCUT2D eigenvalue weighted by Gasteiger charge is 2.64. The Balaban J connectivity index is 1.99. The van der Waals surface area contributed by atoms with Crippen LogP contribution in [0, 0.1) is 0 Å². The van der Waals surface area contributed by atoms with Crippen LogP contribution in [0.1, 0.15) is 27.7 Å². The normalized spacial score (nSPS) is 37.9. The van der Waals surface area contributed by atoms with Crippen molar-refractivity contribution in [2.24, 2.45) is 0 Å². The summed E-state index contributed by atoms with van der Waals surface area (Å²) in [5.41, 5.74) is -1.59. The molecule has 0 spiro atoms. The van der Waals surface area contributed by atoms with Crippen molar-refractivity contribution in [3.8, 4) is 0 Å². The number of ether oxygens (including phenoxy) is 5. The molecule has 20 heavy (non-hydrogen) atoms. The summed E-state index contributed by atoms with van der Waals surface area (Å²) < 4.78 is 27.6. The third kappa shape index (κ3) is 1.85. The molecule has 7 heteroatoms. The topological polar surface area (TPSA) is 83.5 Å². The van der Waals surface area contributed by atoms with Crippen LogP contribution in [0.2, 0.25) is 0 Å². The maximum absolute atomic E-state index is 12.1. The van der Waals surface area contributed by atoms with Gasteiger partial charge in [-0.15, -0.1) is 0 Å². The highest BCUT2D eigenvalue weighted by molar-refractivity contribution is 5.88. The van der Waals surface area contributed by atoms with Gasteiger partial charge < -0.3 is 28.8 Å². The molecule has 0 saturated carbocycles. The van der Waals surface area contributed by atoms with Crippen LogP contribution in [0.15, 0.2) is 11.5 Å². The maximum atomic E-state index is 12.1. The van der Waals surface area contributed by atoms with E-state index in [9.17, 15) is 9.90 Å². The standard InChI is InChI=1S/C13H18O7/c1-11(2)16-5-7(18-11)8-9-13(6-14,10(15)17-8)20-12(3,4)19-9/h7,14H,5-6H2,1-4H3/t7?,13-/m0/s1. The first-order valence-electron chi connectivity index (χ1n) is 6.48. The molecule has 3 heterocycles. The lowest BCUT2D eigenvalue weighted by Crippen LogP contribution is -2.43. The summed E-state index contributed by atoms with van der Waals surface area (Å²) in [6.45, 7) is 6.55. The smallest absolute Gasteiger partial charge is 0.354 e. The van der Waals surface area contributed by atoms with E-state index in [4.69, 9.17) is 23.7 Å². The summed E-state index contributed by atoms with van der Waals surface area (Å²) >= 11 is 0. The summed E-state index contributed by atoms with van der Waals surface area (Å²) in [5.74, 6) is -2.06. The number of cyclic esters (lactones) is 1. The zero-order valence-electron chi connectivity index (χ0n) is 11.9. The first kappa shape index (κ1) is 13.8. The lowest BCUT2D eigenvalue weighted by atomic mass is 10.0. The molecule has 0 radical (unpaired) electrons. The first-order valence-corrected chi connectivity index (χ1v) is 6.48. The zero-order chi connectivity index (χ0) is 14.8. The van der Waals surface area contributed by atoms with Crippen molar-refractivity contribution >= 4 is 5.97 Å². The van der Waals surface area contributed by atoms with Gasteiger partial charge in [-0.25, -0.2) is 4.79 Å². The highest BCUT2D eigenvalue weighted by Crippen LogP contribution is 2.48. The van der Waals surface area contributed by atoms with Gasteiger partial charge in [0.15, 0.2) is 17.3 Å². The quantitative estimate of drug-likeness (QED) is 0.736. The number of fused-ring (bicyclic) bond motifs is 1. The van der Waals surface area contributed by atoms with Crippen LogP contribution in [0.3, 0.4) is 0 Å². The van der Waals surface area contributed by atoms with Gasteiger partial charge in [-0.05, 0) is 13.8 Å². The second-order valence-corrected chi connectivity index (χ2v) is 5.99. The summed E-state index contributed by atoms with van der Waals surface area (Å²) in [5, 5.41) is 9.58. The second-order valence-electron chi connectivity index (χ2n) is 5.99. The summed E-state index contributed by atoms with van der Waals surface area (Å²) in [6, 6.07) is 0. The minimum Gasteiger partial charge on any atom is -0.460 e. The SMILES string of the molecule is CC1(C)OCC(C2=C3OC(C)(C)O[C@]3(CO)C(=O)O2)O1. The average molecular weight is 286 g/mol. The molecule has 1 unspecified atom stereocenters. The summed E-state index contributed by atoms with van der Waals surface area (Å²) in [7, 11) is 0. The molecule has 0 aromatic heterocycles. The van der Waals surface area contributed by atoms with Gasteiger partial charge in [0.05, 0.1) is 13.2 Å². The molecule has 0 aromatic rings. The Morgan fingerprint density at radius 3 is 2.50 bits per heavy atom. The van der Waals surface area contributed by atoms with E-state index in [1.807, 2.05) is 0 Å². The Labute approximate surface area is 116 Å². The van der Waals surface area contributed by atoms with Crippen molar-refractivity contribution in [2.45, 2.75) is 51.0 Å². The van der Waals surface area contributed by atoms with Gasteiger partial charge in [-0.1, -0.05) is 0 Å². The Kier molecular flexibility index (Phi) is 2.72. The molecular weight excluding hydrogens is 268 g/mol. The van der Waals surface area contributed by atoms with Crippen molar-refractivity contribution in [3.63, 3.8) is 0 Å². The Bertz CT molecular complexity index is 493. The zero-order valence-corrected chi connectivity index (χ0v) is 11.9. The van der Waals surface area contributed by atoms with E-state index in [0.29, 0.717) is 0 Å². The molecule has 1 N–H and O–H groups in total. The molecule has 0 amide bonds. The first-order chi connectivity index (χ1) is 9.19. The maximum Gasteiger partial charge on any atom is 0.354 e. The minimum absolute atomic E-state index is 0.182. The van der Waals surface area contributed by atoms with Crippen molar-refractivity contribution in [2.75, 3.05) is 13.2 Å². The van der Waals surface area contributed by atoms with E-state index < -0.39 is 35.9 Å². The molecule has 3 rings (SSSR count). The predicted molar refractivity (Wildman–Crippen MR) is 64.1 cm³/mol. The lowest BCUT2D eigenvalue weighted by molar-refractivity contribution is -0.194. The summed E-state index contributed by atoms with van der Waals surface area (Å²) in [6.07, 6.45) is -0.560. The van der Waals surface area contributed by atoms with Gasteiger partial charge in [0.2, 0.25) is 5.79 Å². The van der Waals surface area contributed by atoms with Crippen molar-refractivity contribution in [3.05, 3.63) is 11.5 Å². The van der Waals surface area contributed by atoms with E-state index in [1.165, 1.54) is 0 Å². The highest BCUT2D eigenvalue weighted by atomic mass is 16.8. The van der Waals surface area contributed by atoms with Crippen LogP contribution in [0.4, 0.5) is 0 Å². The van der Waals surface area contributed by atoms with Crippen molar-refractivity contribution in [1.82, 2.24) is 0 Å². The van der Waals surface area contributed by atoms with Crippen molar-refractivity contribution in [1.29, 1.82) is 0 Å². The molecule has 0 bridgehead atoms. The molecule has 3 aliphatic heterocycles. The Morgan fingerprint density at radius 1 is 1.25 bits per heavy atom. The van der Waals surface area contributed by atoms with Gasteiger partial charge >= 0.3 is 5.97 Å². The van der Waals surface area contributed by atoms with Crippen LogP contribution in [0.5, 0.6) is 0 Å². The molecule has 3 aliphatic rings. The molecule has 7 nitrogen and oxygen atoms in total. The number of aliphatic hydroxyl groups is 1. The number of rotatable bonds is 2. The van der Waals surface area contributed by atoms with Gasteiger partial charge in [-0.2, -0.15) is 0 Å². The minimum atomic E-state index is -1.59. The summed E-state index contributed by atoms with van der Waals surface area (Å²) in [4.78, 5) is 12.1. The van der Waals surface area contributed by atoms with Crippen LogP contribution in [-0.4, -0.2) is 47.6 Å². The number of aliphatic hydroxyl groups excluding tert-OH is 1. The molecule has 0 aromatic carbocycles. The Hall–Kier alpha value is -1.15. The van der Waals surface area contributed by atoms with E-state index in [1.54, 1.807) is 27.7 Å². The van der Waals surface area contributed by atoms with Gasteiger partial charge in [0, 0.05) is 13.8 Å². The number of esters is 1. The van der Waals surface area contributed by atoms with E-state index in [0.717, 1.165) is 0 Å². The monoisotopic (exact) mass is 286 g/mol. The third-order valence-corrected chi connectivity index (χ3v) is 3.41. The fourth-order valence-electron chi connectivity index (χ4n) is 2.62. The fraction of sp³-hybridized carbons (Fsp3) is 0.769. The fourth-order valence-corrected chi connectivity index (χ4v) is 2.62. The van der Waals surface area contributed by atoms with E-state index >= 15 is 0 Å². The average Bonchev–Trinajstić information content (AvgIpc) is 2.90. The molecule has 2 saturated heterocycles. The van der Waals surface area contributed by atoms with Crippen LogP contribution >= 0.6 is 0 Å². The lowest BCUT2D eigenvalue weighted by Gasteiger charge is -2.21. The van der Waals surface area contributed by atoms with E-state index in [-0.39, 0.29) is 18.1 Å². The number of carbonyl (C=O) groups excluding carboxylic acids is 1. The second kappa shape index (κ2) is 3.94. The largest absolute Gasteiger partial charge is 0.460 e. The van der Waals surface area contributed by atoms with Gasteiger partial charge in [-0.3, -0.25) is 0 Å². The van der Waals surface area contributed by atoms with Gasteiger partial charge in [0.25, 0.3) is 5.60 Å². The molecule has 112 valence electrons. The van der Waals surface area contributed by atoms with Crippen LogP contribution in [-0.2, 0) is 28.5 Å². The van der Waals surface area contributed by atoms with Crippen LogP contribution in [0.25, 0.3) is 0 Å². The van der Waals surface area contributed by atoms with Crippen molar-refractivity contribution < 1.29 is 33.6 Å². The predicted octanol–water partition coefficient (Wildman–Crippen LogP) is 0.420. The number of hydrogen-bond acceptors (Lipinski definition) is 7. The Morgan fingerprint density at radius 2 is 1.95 bits per heavy atom. The number of hydrogen-bond donors (Lipinski definition) is 1. The number of carbonyl (C=O) groups is 1. The van der Waals surface area contributed by atoms with E-state index in [2.05, 4.69) is 0 Å². The molecular formula is C13H18O7. The molecule has 0 aliphatic carbocycles. The molecule has 2 atom stereocenters.